The standard InChI is InChI=1S/C32H39N3O6S/c1-22-28(21-42-30-12-5-7-18-35(30)39)40-32(41-31(22)25-15-13-24(20-36)14-16-25)26-9-8-10-27(19-26)34-29(38)11-4-3-6-17-33-23(2)37/h5,7-10,12-16,18-19,22,28,31-32,36H,3-4,6,11,17,20-21H2,1-2H3,(H,33,37)(H,34,38). The molecule has 2 aromatic carbocycles. The minimum atomic E-state index is -0.685. The zero-order chi connectivity index (χ0) is 29.9. The highest BCUT2D eigenvalue weighted by Gasteiger charge is 2.38. The maximum Gasteiger partial charge on any atom is 0.251 e. The van der Waals surface area contributed by atoms with E-state index in [0.29, 0.717) is 29.4 Å². The van der Waals surface area contributed by atoms with Crippen molar-refractivity contribution in [1.29, 1.82) is 0 Å². The summed E-state index contributed by atoms with van der Waals surface area (Å²) in [5, 5.41) is 28.1. The Balaban J connectivity index is 1.45. The van der Waals surface area contributed by atoms with E-state index in [9.17, 15) is 19.9 Å². The molecule has 4 unspecified atom stereocenters. The van der Waals surface area contributed by atoms with E-state index in [-0.39, 0.29) is 36.5 Å². The van der Waals surface area contributed by atoms with Crippen LogP contribution >= 0.6 is 11.8 Å². The number of hydrogen-bond donors (Lipinski definition) is 3. The first-order valence-corrected chi connectivity index (χ1v) is 15.3. The fourth-order valence-corrected chi connectivity index (χ4v) is 5.92. The first kappa shape index (κ1) is 31.5. The number of carbonyl (C=O) groups excluding carboxylic acids is 2. The van der Waals surface area contributed by atoms with Crippen LogP contribution in [0.25, 0.3) is 0 Å². The number of hydrogen-bond acceptors (Lipinski definition) is 7. The highest BCUT2D eigenvalue weighted by atomic mass is 32.2. The van der Waals surface area contributed by atoms with Crippen LogP contribution in [0.5, 0.6) is 0 Å². The molecular formula is C32H39N3O6S. The monoisotopic (exact) mass is 593 g/mol. The van der Waals surface area contributed by atoms with Crippen molar-refractivity contribution in [3.05, 3.63) is 94.8 Å². The first-order chi connectivity index (χ1) is 20.3. The predicted molar refractivity (Wildman–Crippen MR) is 161 cm³/mol. The summed E-state index contributed by atoms with van der Waals surface area (Å²) in [6.45, 7) is 4.16. The van der Waals surface area contributed by atoms with Crippen molar-refractivity contribution < 1.29 is 28.9 Å². The van der Waals surface area contributed by atoms with Gasteiger partial charge in [-0.3, -0.25) is 9.59 Å². The van der Waals surface area contributed by atoms with Crippen LogP contribution in [-0.4, -0.2) is 35.3 Å². The molecule has 1 saturated heterocycles. The van der Waals surface area contributed by atoms with Gasteiger partial charge in [0.2, 0.25) is 11.8 Å². The summed E-state index contributed by atoms with van der Waals surface area (Å²) in [6, 6.07) is 20.5. The molecule has 0 aliphatic carbocycles. The number of aliphatic hydroxyl groups is 1. The number of nitrogens with one attached hydrogen (secondary N) is 2. The molecule has 2 amide bonds. The second kappa shape index (κ2) is 15.7. The molecule has 4 rings (SSSR count). The lowest BCUT2D eigenvalue weighted by atomic mass is 9.91. The van der Waals surface area contributed by atoms with Gasteiger partial charge in [0.1, 0.15) is 0 Å². The molecule has 10 heteroatoms. The predicted octanol–water partition coefficient (Wildman–Crippen LogP) is 5.03. The number of aliphatic hydroxyl groups excluding tert-OH is 1. The summed E-state index contributed by atoms with van der Waals surface area (Å²) < 4.78 is 13.9. The molecule has 1 aliphatic heterocycles. The number of amides is 2. The highest BCUT2D eigenvalue weighted by Crippen LogP contribution is 2.43. The number of nitrogens with zero attached hydrogens (tertiary/aromatic N) is 1. The number of ether oxygens (including phenoxy) is 2. The van der Waals surface area contributed by atoms with E-state index in [0.717, 1.165) is 40.7 Å². The van der Waals surface area contributed by atoms with Crippen molar-refractivity contribution in [2.24, 2.45) is 5.92 Å². The zero-order valence-electron chi connectivity index (χ0n) is 24.0. The van der Waals surface area contributed by atoms with Crippen LogP contribution < -0.4 is 15.4 Å². The third-order valence-corrected chi connectivity index (χ3v) is 8.31. The van der Waals surface area contributed by atoms with Gasteiger partial charge in [0, 0.05) is 54.9 Å². The molecule has 1 aromatic heterocycles. The minimum Gasteiger partial charge on any atom is -0.618 e. The summed E-state index contributed by atoms with van der Waals surface area (Å²) in [5.74, 6) is 0.411. The number of benzene rings is 2. The number of aromatic nitrogens is 1. The number of anilines is 1. The molecule has 0 bridgehead atoms. The Morgan fingerprint density at radius 2 is 1.81 bits per heavy atom. The molecule has 3 aromatic rings. The SMILES string of the molecule is CC(=O)NCCCCCC(=O)Nc1cccc(C2OC(CSc3cccc[n+]3[O-])C(C)C(c3ccc(CO)cc3)O2)c1. The van der Waals surface area contributed by atoms with Gasteiger partial charge in [-0.1, -0.05) is 61.5 Å². The maximum absolute atomic E-state index is 12.6. The molecule has 3 N–H and O–H groups in total. The van der Waals surface area contributed by atoms with E-state index in [2.05, 4.69) is 17.6 Å². The number of carbonyl (C=O) groups is 2. The van der Waals surface area contributed by atoms with Gasteiger partial charge in [0.25, 0.3) is 5.03 Å². The molecule has 0 spiro atoms. The van der Waals surface area contributed by atoms with E-state index < -0.39 is 6.29 Å². The van der Waals surface area contributed by atoms with Crippen molar-refractivity contribution in [2.45, 2.75) is 69.7 Å². The molecule has 224 valence electrons. The summed E-state index contributed by atoms with van der Waals surface area (Å²) in [4.78, 5) is 23.5. The summed E-state index contributed by atoms with van der Waals surface area (Å²) in [6.07, 6.45) is 3.10. The van der Waals surface area contributed by atoms with Crippen LogP contribution in [0.15, 0.2) is 78.0 Å². The van der Waals surface area contributed by atoms with E-state index in [1.165, 1.54) is 24.9 Å². The molecule has 9 nitrogen and oxygen atoms in total. The minimum absolute atomic E-state index is 0.0222. The number of rotatable bonds is 13. The maximum atomic E-state index is 12.6. The first-order valence-electron chi connectivity index (χ1n) is 14.3. The van der Waals surface area contributed by atoms with Gasteiger partial charge in [-0.2, -0.15) is 4.73 Å². The molecular weight excluding hydrogens is 554 g/mol. The average Bonchev–Trinajstić information content (AvgIpc) is 2.99. The molecule has 0 saturated carbocycles. The fraction of sp³-hybridized carbons (Fsp3) is 0.406. The molecule has 1 aliphatic rings. The Morgan fingerprint density at radius 3 is 2.55 bits per heavy atom. The van der Waals surface area contributed by atoms with Crippen molar-refractivity contribution >= 4 is 29.3 Å². The van der Waals surface area contributed by atoms with Crippen LogP contribution in [0.4, 0.5) is 5.69 Å². The van der Waals surface area contributed by atoms with Gasteiger partial charge in [-0.25, -0.2) is 0 Å². The topological polar surface area (TPSA) is 124 Å². The Morgan fingerprint density at radius 1 is 1.00 bits per heavy atom. The van der Waals surface area contributed by atoms with E-state index >= 15 is 0 Å². The quantitative estimate of drug-likeness (QED) is 0.110. The van der Waals surface area contributed by atoms with Gasteiger partial charge < -0.3 is 30.4 Å². The van der Waals surface area contributed by atoms with E-state index in [4.69, 9.17) is 9.47 Å². The van der Waals surface area contributed by atoms with Gasteiger partial charge in [0.15, 0.2) is 12.5 Å². The summed E-state index contributed by atoms with van der Waals surface area (Å²) in [7, 11) is 0. The van der Waals surface area contributed by atoms with Crippen molar-refractivity contribution in [2.75, 3.05) is 17.6 Å². The Kier molecular flexibility index (Phi) is 11.8. The van der Waals surface area contributed by atoms with Gasteiger partial charge in [-0.15, -0.1) is 0 Å². The zero-order valence-corrected chi connectivity index (χ0v) is 24.8. The van der Waals surface area contributed by atoms with Crippen LogP contribution in [0.2, 0.25) is 0 Å². The Bertz CT molecular complexity index is 1320. The van der Waals surface area contributed by atoms with Gasteiger partial charge in [0.05, 0.1) is 18.8 Å². The second-order valence-electron chi connectivity index (χ2n) is 10.5. The smallest absolute Gasteiger partial charge is 0.251 e. The van der Waals surface area contributed by atoms with Gasteiger partial charge in [-0.05, 0) is 42.2 Å². The van der Waals surface area contributed by atoms with E-state index in [1.54, 1.807) is 12.1 Å². The lowest BCUT2D eigenvalue weighted by Crippen LogP contribution is -2.39. The van der Waals surface area contributed by atoms with Crippen LogP contribution in [-0.2, 0) is 25.7 Å². The average molecular weight is 594 g/mol. The molecule has 0 radical (unpaired) electrons. The number of thioether (sulfide) groups is 1. The highest BCUT2D eigenvalue weighted by molar-refractivity contribution is 7.99. The van der Waals surface area contributed by atoms with Crippen molar-refractivity contribution in [3.63, 3.8) is 0 Å². The molecule has 42 heavy (non-hydrogen) atoms. The number of pyridine rings is 1. The Hall–Kier alpha value is -3.44. The number of unbranched alkanes of at least 4 members (excludes halogenated alkanes) is 2. The largest absolute Gasteiger partial charge is 0.618 e. The lowest BCUT2D eigenvalue weighted by Gasteiger charge is -2.41. The summed E-state index contributed by atoms with van der Waals surface area (Å²) in [5.41, 5.74) is 3.24. The van der Waals surface area contributed by atoms with Crippen molar-refractivity contribution in [3.8, 4) is 0 Å². The third kappa shape index (κ3) is 9.03. The van der Waals surface area contributed by atoms with Gasteiger partial charge >= 0.3 is 0 Å². The molecule has 4 atom stereocenters. The molecule has 2 heterocycles. The normalized spacial score (nSPS) is 20.2. The lowest BCUT2D eigenvalue weighted by molar-refractivity contribution is -0.645. The van der Waals surface area contributed by atoms with Crippen LogP contribution in [0, 0.1) is 11.1 Å². The third-order valence-electron chi connectivity index (χ3n) is 7.20. The van der Waals surface area contributed by atoms with Crippen LogP contribution in [0.1, 0.15) is 68.6 Å². The van der Waals surface area contributed by atoms with E-state index in [1.807, 2.05) is 54.6 Å². The summed E-state index contributed by atoms with van der Waals surface area (Å²) >= 11 is 1.44. The fourth-order valence-electron chi connectivity index (χ4n) is 4.84. The second-order valence-corrected chi connectivity index (χ2v) is 11.5. The molecule has 1 fully saturated rings. The Labute approximate surface area is 251 Å². The van der Waals surface area contributed by atoms with Crippen LogP contribution in [0.3, 0.4) is 0 Å². The van der Waals surface area contributed by atoms with Crippen molar-refractivity contribution in [1.82, 2.24) is 5.32 Å².